The van der Waals surface area contributed by atoms with E-state index >= 15 is 0 Å². The van der Waals surface area contributed by atoms with Gasteiger partial charge in [0.1, 0.15) is 24.2 Å². The highest BCUT2D eigenvalue weighted by atomic mass is 16.5. The highest BCUT2D eigenvalue weighted by Crippen LogP contribution is 2.18. The number of aromatic nitrogens is 1. The molecule has 158 valence electrons. The standard InChI is InChI=1S/C23H21N3O5/c1-15-20(16(2)31-26-15)13-29-19-9-7-17(8-10-19)11-23(28)30-14-22(27)25-21-6-4-3-5-18(21)12-24/h3-10H,11,13-14H2,1-2H3,(H,25,27). The lowest BCUT2D eigenvalue weighted by Gasteiger charge is -2.09. The molecule has 0 bridgehead atoms. The third kappa shape index (κ3) is 5.93. The summed E-state index contributed by atoms with van der Waals surface area (Å²) in [5.41, 5.74) is 3.13. The smallest absolute Gasteiger partial charge is 0.310 e. The summed E-state index contributed by atoms with van der Waals surface area (Å²) in [6.07, 6.45) is 0.0200. The quantitative estimate of drug-likeness (QED) is 0.556. The molecule has 1 N–H and O–H groups in total. The fourth-order valence-corrected chi connectivity index (χ4v) is 2.81. The number of hydrogen-bond acceptors (Lipinski definition) is 7. The van der Waals surface area contributed by atoms with Gasteiger partial charge in [0.15, 0.2) is 6.61 Å². The molecule has 0 atom stereocenters. The summed E-state index contributed by atoms with van der Waals surface area (Å²) in [5, 5.41) is 15.5. The topological polar surface area (TPSA) is 114 Å². The maximum Gasteiger partial charge on any atom is 0.310 e. The van der Waals surface area contributed by atoms with E-state index in [4.69, 9.17) is 19.3 Å². The molecule has 8 heteroatoms. The lowest BCUT2D eigenvalue weighted by Crippen LogP contribution is -2.22. The first-order valence-electron chi connectivity index (χ1n) is 9.54. The maximum atomic E-state index is 12.0. The van der Waals surface area contributed by atoms with E-state index in [1.165, 1.54) is 0 Å². The zero-order chi connectivity index (χ0) is 22.2. The van der Waals surface area contributed by atoms with Crippen LogP contribution in [0.5, 0.6) is 5.75 Å². The van der Waals surface area contributed by atoms with Crippen molar-refractivity contribution in [3.8, 4) is 11.8 Å². The second-order valence-electron chi connectivity index (χ2n) is 6.78. The summed E-state index contributed by atoms with van der Waals surface area (Å²) in [6.45, 7) is 3.59. The van der Waals surface area contributed by atoms with E-state index in [1.54, 1.807) is 48.5 Å². The van der Waals surface area contributed by atoms with Crippen LogP contribution in [0.1, 0.15) is 28.1 Å². The third-order valence-corrected chi connectivity index (χ3v) is 4.52. The average molecular weight is 419 g/mol. The second kappa shape index (κ2) is 10.1. The molecule has 1 amide bonds. The number of carbonyl (C=O) groups is 2. The molecule has 0 radical (unpaired) electrons. The lowest BCUT2D eigenvalue weighted by molar-refractivity contribution is -0.146. The van der Waals surface area contributed by atoms with E-state index in [1.807, 2.05) is 19.9 Å². The van der Waals surface area contributed by atoms with Crippen LogP contribution < -0.4 is 10.1 Å². The van der Waals surface area contributed by atoms with Gasteiger partial charge in [-0.25, -0.2) is 0 Å². The van der Waals surface area contributed by atoms with E-state index in [0.717, 1.165) is 22.6 Å². The number of carbonyl (C=O) groups excluding carboxylic acids is 2. The molecular formula is C23H21N3O5. The van der Waals surface area contributed by atoms with Crippen molar-refractivity contribution >= 4 is 17.6 Å². The van der Waals surface area contributed by atoms with Gasteiger partial charge < -0.3 is 19.3 Å². The number of ether oxygens (including phenoxy) is 2. The summed E-state index contributed by atoms with van der Waals surface area (Å²) >= 11 is 0. The predicted molar refractivity (Wildman–Crippen MR) is 111 cm³/mol. The van der Waals surface area contributed by atoms with Gasteiger partial charge in [0.05, 0.1) is 28.9 Å². The first kappa shape index (κ1) is 21.6. The maximum absolute atomic E-state index is 12.0. The first-order chi connectivity index (χ1) is 15.0. The van der Waals surface area contributed by atoms with Crippen molar-refractivity contribution in [2.24, 2.45) is 0 Å². The van der Waals surface area contributed by atoms with Crippen molar-refractivity contribution in [2.45, 2.75) is 26.9 Å². The predicted octanol–water partition coefficient (Wildman–Crippen LogP) is 3.47. The van der Waals surface area contributed by atoms with Crippen LogP contribution in [-0.4, -0.2) is 23.6 Å². The fraction of sp³-hybridized carbons (Fsp3) is 0.217. The van der Waals surface area contributed by atoms with Crippen molar-refractivity contribution in [1.82, 2.24) is 5.16 Å². The van der Waals surface area contributed by atoms with Gasteiger partial charge >= 0.3 is 5.97 Å². The van der Waals surface area contributed by atoms with E-state index in [-0.39, 0.29) is 6.42 Å². The summed E-state index contributed by atoms with van der Waals surface area (Å²) in [5.74, 6) is 0.317. The van der Waals surface area contributed by atoms with Gasteiger partial charge in [-0.1, -0.05) is 29.4 Å². The normalized spacial score (nSPS) is 10.2. The zero-order valence-corrected chi connectivity index (χ0v) is 17.2. The number of nitrogens with one attached hydrogen (secondary N) is 1. The number of aryl methyl sites for hydroxylation is 2. The average Bonchev–Trinajstić information content (AvgIpc) is 3.09. The number of benzene rings is 2. The Morgan fingerprint density at radius 3 is 2.55 bits per heavy atom. The Morgan fingerprint density at radius 2 is 1.87 bits per heavy atom. The van der Waals surface area contributed by atoms with Gasteiger partial charge in [0, 0.05) is 0 Å². The lowest BCUT2D eigenvalue weighted by atomic mass is 10.1. The minimum Gasteiger partial charge on any atom is -0.489 e. The highest BCUT2D eigenvalue weighted by Gasteiger charge is 2.12. The second-order valence-corrected chi connectivity index (χ2v) is 6.78. The molecule has 1 heterocycles. The molecule has 1 aromatic heterocycles. The Labute approximate surface area is 179 Å². The Morgan fingerprint density at radius 1 is 1.13 bits per heavy atom. The minimum absolute atomic E-state index is 0.0200. The van der Waals surface area contributed by atoms with Crippen LogP contribution in [0, 0.1) is 25.2 Å². The molecule has 31 heavy (non-hydrogen) atoms. The summed E-state index contributed by atoms with van der Waals surface area (Å²) in [4.78, 5) is 24.0. The molecule has 2 aromatic carbocycles. The zero-order valence-electron chi connectivity index (χ0n) is 17.2. The number of anilines is 1. The molecule has 8 nitrogen and oxygen atoms in total. The Bertz CT molecular complexity index is 1090. The number of amides is 1. The molecule has 0 aliphatic rings. The molecule has 0 unspecified atom stereocenters. The first-order valence-corrected chi connectivity index (χ1v) is 9.54. The van der Waals surface area contributed by atoms with Crippen LogP contribution in [-0.2, 0) is 27.4 Å². The van der Waals surface area contributed by atoms with Crippen molar-refractivity contribution in [2.75, 3.05) is 11.9 Å². The van der Waals surface area contributed by atoms with Gasteiger partial charge in [-0.05, 0) is 43.7 Å². The summed E-state index contributed by atoms with van der Waals surface area (Å²) in [6, 6.07) is 15.6. The molecule has 3 rings (SSSR count). The van der Waals surface area contributed by atoms with Gasteiger partial charge in [-0.2, -0.15) is 5.26 Å². The fourth-order valence-electron chi connectivity index (χ4n) is 2.81. The van der Waals surface area contributed by atoms with Crippen LogP contribution in [0.3, 0.4) is 0 Å². The molecular weight excluding hydrogens is 398 g/mol. The molecule has 0 aliphatic heterocycles. The van der Waals surface area contributed by atoms with E-state index in [2.05, 4.69) is 10.5 Å². The number of hydrogen-bond donors (Lipinski definition) is 1. The van der Waals surface area contributed by atoms with Crippen LogP contribution in [0.25, 0.3) is 0 Å². The van der Waals surface area contributed by atoms with Crippen LogP contribution in [0.2, 0.25) is 0 Å². The van der Waals surface area contributed by atoms with Gasteiger partial charge in [0.2, 0.25) is 0 Å². The van der Waals surface area contributed by atoms with E-state index in [9.17, 15) is 9.59 Å². The largest absolute Gasteiger partial charge is 0.489 e. The Kier molecular flexibility index (Phi) is 7.01. The molecule has 0 aliphatic carbocycles. The minimum atomic E-state index is -0.534. The van der Waals surface area contributed by atoms with Gasteiger partial charge in [0.25, 0.3) is 5.91 Å². The summed E-state index contributed by atoms with van der Waals surface area (Å²) < 4.78 is 15.9. The Hall–Kier alpha value is -4.12. The molecule has 0 spiro atoms. The third-order valence-electron chi connectivity index (χ3n) is 4.52. The SMILES string of the molecule is Cc1noc(C)c1COc1ccc(CC(=O)OCC(=O)Nc2ccccc2C#N)cc1. The van der Waals surface area contributed by atoms with Crippen molar-refractivity contribution in [3.63, 3.8) is 0 Å². The molecule has 3 aromatic rings. The number of nitrogens with zero attached hydrogens (tertiary/aromatic N) is 2. The number of nitriles is 1. The molecule has 0 fully saturated rings. The number of esters is 1. The van der Waals surface area contributed by atoms with Crippen molar-refractivity contribution in [1.29, 1.82) is 5.26 Å². The van der Waals surface area contributed by atoms with Gasteiger partial charge in [-0.15, -0.1) is 0 Å². The van der Waals surface area contributed by atoms with Crippen molar-refractivity contribution < 1.29 is 23.6 Å². The number of rotatable bonds is 8. The highest BCUT2D eigenvalue weighted by molar-refractivity contribution is 5.94. The van der Waals surface area contributed by atoms with Crippen LogP contribution >= 0.6 is 0 Å². The monoisotopic (exact) mass is 419 g/mol. The van der Waals surface area contributed by atoms with Gasteiger partial charge in [-0.3, -0.25) is 9.59 Å². The van der Waals surface area contributed by atoms with Crippen molar-refractivity contribution in [3.05, 3.63) is 76.7 Å². The molecule has 0 saturated heterocycles. The Balaban J connectivity index is 1.45. The van der Waals surface area contributed by atoms with Crippen LogP contribution in [0.4, 0.5) is 5.69 Å². The van der Waals surface area contributed by atoms with Crippen LogP contribution in [0.15, 0.2) is 53.1 Å². The number of para-hydroxylation sites is 1. The summed E-state index contributed by atoms with van der Waals surface area (Å²) in [7, 11) is 0. The molecule has 0 saturated carbocycles. The van der Waals surface area contributed by atoms with E-state index in [0.29, 0.717) is 23.6 Å². The van der Waals surface area contributed by atoms with E-state index < -0.39 is 18.5 Å².